The highest BCUT2D eigenvalue weighted by atomic mass is 16.7. The quantitative estimate of drug-likeness (QED) is 0.424. The van der Waals surface area contributed by atoms with Crippen LogP contribution in [0.3, 0.4) is 0 Å². The molecule has 3 N–H and O–H groups in total. The summed E-state index contributed by atoms with van der Waals surface area (Å²) in [5.41, 5.74) is 0. The summed E-state index contributed by atoms with van der Waals surface area (Å²) in [6.45, 7) is 0. The summed E-state index contributed by atoms with van der Waals surface area (Å²) in [4.78, 5) is 10.4. The molecular formula is C7H11O7-. The van der Waals surface area contributed by atoms with E-state index in [0.717, 1.165) is 0 Å². The molecule has 1 aliphatic heterocycles. The Morgan fingerprint density at radius 1 is 1.29 bits per heavy atom. The van der Waals surface area contributed by atoms with Crippen molar-refractivity contribution in [1.29, 1.82) is 0 Å². The first-order chi connectivity index (χ1) is 6.49. The van der Waals surface area contributed by atoms with Crippen LogP contribution >= 0.6 is 0 Å². The Bertz CT molecular complexity index is 216. The number of ether oxygens (including phenoxy) is 2. The standard InChI is InChI=1S/C7H12O7/c1-13-7-4(10)2(8)3(9)5(14-7)6(11)12/h2-5,7-10H,1H3,(H,11,12)/p-1/t2-,3-,4+,5-,7-/m0/s1. The maximum absolute atomic E-state index is 10.4. The van der Waals surface area contributed by atoms with Gasteiger partial charge in [0.1, 0.15) is 24.4 Å². The van der Waals surface area contributed by atoms with Gasteiger partial charge in [0.05, 0.1) is 5.97 Å². The summed E-state index contributed by atoms with van der Waals surface area (Å²) in [6, 6.07) is 0. The Morgan fingerprint density at radius 3 is 2.29 bits per heavy atom. The molecule has 0 radical (unpaired) electrons. The number of rotatable bonds is 2. The first-order valence-corrected chi connectivity index (χ1v) is 3.92. The number of carbonyl (C=O) groups is 1. The zero-order valence-corrected chi connectivity index (χ0v) is 7.36. The lowest BCUT2D eigenvalue weighted by atomic mass is 9.99. The average Bonchev–Trinajstić information content (AvgIpc) is 2.14. The Hall–Kier alpha value is -0.730. The molecule has 1 rings (SSSR count). The number of carboxylic acids is 1. The van der Waals surface area contributed by atoms with Crippen LogP contribution in [0.5, 0.6) is 0 Å². The number of carbonyl (C=O) groups excluding carboxylic acids is 1. The minimum atomic E-state index is -1.73. The van der Waals surface area contributed by atoms with E-state index in [4.69, 9.17) is 0 Å². The van der Waals surface area contributed by atoms with Crippen molar-refractivity contribution >= 4 is 5.97 Å². The number of aliphatic carboxylic acids is 1. The lowest BCUT2D eigenvalue weighted by Crippen LogP contribution is -2.62. The lowest BCUT2D eigenvalue weighted by molar-refractivity contribution is -0.347. The second-order valence-electron chi connectivity index (χ2n) is 2.95. The van der Waals surface area contributed by atoms with Gasteiger partial charge in [-0.1, -0.05) is 0 Å². The molecule has 0 aromatic heterocycles. The molecule has 82 valence electrons. The van der Waals surface area contributed by atoms with Crippen LogP contribution in [-0.4, -0.2) is 59.1 Å². The van der Waals surface area contributed by atoms with E-state index in [1.165, 1.54) is 7.11 Å². The fourth-order valence-electron chi connectivity index (χ4n) is 1.24. The van der Waals surface area contributed by atoms with Gasteiger partial charge in [-0.2, -0.15) is 0 Å². The second-order valence-corrected chi connectivity index (χ2v) is 2.95. The largest absolute Gasteiger partial charge is 0.547 e. The summed E-state index contributed by atoms with van der Waals surface area (Å²) < 4.78 is 9.22. The third-order valence-electron chi connectivity index (χ3n) is 2.03. The van der Waals surface area contributed by atoms with Gasteiger partial charge < -0.3 is 34.7 Å². The summed E-state index contributed by atoms with van der Waals surface area (Å²) in [7, 11) is 1.17. The number of carboxylic acid groups (broad SMARTS) is 1. The molecule has 0 amide bonds. The van der Waals surface area contributed by atoms with Crippen LogP contribution in [0.25, 0.3) is 0 Å². The molecule has 1 heterocycles. The van der Waals surface area contributed by atoms with Crippen LogP contribution < -0.4 is 5.11 Å². The van der Waals surface area contributed by atoms with Crippen molar-refractivity contribution in [1.82, 2.24) is 0 Å². The molecule has 7 heteroatoms. The van der Waals surface area contributed by atoms with Crippen LogP contribution in [0.15, 0.2) is 0 Å². The summed E-state index contributed by atoms with van der Waals surface area (Å²) in [6.07, 6.45) is -7.88. The van der Waals surface area contributed by atoms with Crippen molar-refractivity contribution in [3.63, 3.8) is 0 Å². The lowest BCUT2D eigenvalue weighted by Gasteiger charge is -2.39. The molecule has 0 aliphatic carbocycles. The van der Waals surface area contributed by atoms with Crippen LogP contribution in [0.4, 0.5) is 0 Å². The fourth-order valence-corrected chi connectivity index (χ4v) is 1.24. The monoisotopic (exact) mass is 207 g/mol. The average molecular weight is 207 g/mol. The molecule has 0 saturated carbocycles. The summed E-state index contributed by atoms with van der Waals surface area (Å²) >= 11 is 0. The third-order valence-corrected chi connectivity index (χ3v) is 2.03. The van der Waals surface area contributed by atoms with Gasteiger partial charge in [0.2, 0.25) is 0 Å². The van der Waals surface area contributed by atoms with Crippen LogP contribution in [-0.2, 0) is 14.3 Å². The van der Waals surface area contributed by atoms with Gasteiger partial charge in [-0.05, 0) is 0 Å². The van der Waals surface area contributed by atoms with Gasteiger partial charge in [0.25, 0.3) is 0 Å². The normalized spacial score (nSPS) is 43.6. The molecule has 0 spiro atoms. The third kappa shape index (κ3) is 1.86. The van der Waals surface area contributed by atoms with Crippen molar-refractivity contribution in [3.8, 4) is 0 Å². The molecule has 0 bridgehead atoms. The van der Waals surface area contributed by atoms with Crippen LogP contribution in [0.1, 0.15) is 0 Å². The number of aliphatic hydroxyl groups is 3. The van der Waals surface area contributed by atoms with E-state index < -0.39 is 36.7 Å². The van der Waals surface area contributed by atoms with Gasteiger partial charge >= 0.3 is 0 Å². The van der Waals surface area contributed by atoms with Crippen LogP contribution in [0, 0.1) is 0 Å². The maximum atomic E-state index is 10.4. The zero-order valence-electron chi connectivity index (χ0n) is 7.36. The summed E-state index contributed by atoms with van der Waals surface area (Å²) in [5, 5.41) is 38.1. The molecule has 7 nitrogen and oxygen atoms in total. The Kier molecular flexibility index (Phi) is 3.40. The highest BCUT2D eigenvalue weighted by molar-refractivity contribution is 5.71. The van der Waals surface area contributed by atoms with E-state index in [1.54, 1.807) is 0 Å². The maximum Gasteiger partial charge on any atom is 0.186 e. The zero-order chi connectivity index (χ0) is 10.9. The predicted octanol–water partition coefficient (Wildman–Crippen LogP) is -3.81. The Morgan fingerprint density at radius 2 is 1.86 bits per heavy atom. The molecule has 0 unspecified atom stereocenters. The van der Waals surface area contributed by atoms with Gasteiger partial charge in [0.15, 0.2) is 6.29 Å². The van der Waals surface area contributed by atoms with E-state index >= 15 is 0 Å². The number of hydrogen-bond donors (Lipinski definition) is 3. The Labute approximate surface area is 79.5 Å². The molecule has 1 aliphatic rings. The molecule has 0 aromatic carbocycles. The fraction of sp³-hybridized carbons (Fsp3) is 0.857. The van der Waals surface area contributed by atoms with Crippen molar-refractivity contribution in [2.24, 2.45) is 0 Å². The summed E-state index contributed by atoms with van der Waals surface area (Å²) in [5.74, 6) is -1.68. The van der Waals surface area contributed by atoms with E-state index in [0.29, 0.717) is 0 Å². The topological polar surface area (TPSA) is 119 Å². The van der Waals surface area contributed by atoms with Crippen LogP contribution in [0.2, 0.25) is 0 Å². The first-order valence-electron chi connectivity index (χ1n) is 3.92. The van der Waals surface area contributed by atoms with Gasteiger partial charge in [0, 0.05) is 7.11 Å². The highest BCUT2D eigenvalue weighted by Gasteiger charge is 2.44. The van der Waals surface area contributed by atoms with Crippen molar-refractivity contribution in [2.75, 3.05) is 7.11 Å². The van der Waals surface area contributed by atoms with E-state index in [1.807, 2.05) is 0 Å². The van der Waals surface area contributed by atoms with Crippen molar-refractivity contribution in [3.05, 3.63) is 0 Å². The molecule has 1 saturated heterocycles. The smallest absolute Gasteiger partial charge is 0.186 e. The number of aliphatic hydroxyl groups excluding tert-OH is 3. The first kappa shape index (κ1) is 11.3. The van der Waals surface area contributed by atoms with Crippen molar-refractivity contribution < 1.29 is 34.7 Å². The molecular weight excluding hydrogens is 196 g/mol. The number of hydrogen-bond acceptors (Lipinski definition) is 7. The minimum absolute atomic E-state index is 1.17. The minimum Gasteiger partial charge on any atom is -0.547 e. The van der Waals surface area contributed by atoms with Crippen molar-refractivity contribution in [2.45, 2.75) is 30.7 Å². The van der Waals surface area contributed by atoms with Gasteiger partial charge in [-0.25, -0.2) is 0 Å². The van der Waals surface area contributed by atoms with E-state index in [2.05, 4.69) is 9.47 Å². The molecule has 14 heavy (non-hydrogen) atoms. The highest BCUT2D eigenvalue weighted by Crippen LogP contribution is 2.21. The molecule has 5 atom stereocenters. The molecule has 1 fully saturated rings. The SMILES string of the molecule is CO[C@H]1O[C@H](C(=O)[O-])[C@@H](O)[C@H](O)[C@H]1O. The van der Waals surface area contributed by atoms with Gasteiger partial charge in [-0.3, -0.25) is 0 Å². The Balaban J connectivity index is 2.78. The van der Waals surface area contributed by atoms with Gasteiger partial charge in [-0.15, -0.1) is 0 Å². The number of methoxy groups -OCH3 is 1. The predicted molar refractivity (Wildman–Crippen MR) is 38.7 cm³/mol. The van der Waals surface area contributed by atoms with E-state index in [-0.39, 0.29) is 0 Å². The van der Waals surface area contributed by atoms with E-state index in [9.17, 15) is 25.2 Å². The molecule has 0 aromatic rings. The second kappa shape index (κ2) is 4.20.